The zero-order valence-electron chi connectivity index (χ0n) is 6.88. The van der Waals surface area contributed by atoms with Crippen LogP contribution in [0.5, 0.6) is 0 Å². The highest BCUT2D eigenvalue weighted by Crippen LogP contribution is 2.22. The summed E-state index contributed by atoms with van der Waals surface area (Å²) >= 11 is 0. The molecule has 2 aromatic rings. The van der Waals surface area contributed by atoms with E-state index in [1.54, 1.807) is 12.1 Å². The van der Waals surface area contributed by atoms with Gasteiger partial charge < -0.3 is 0 Å². The van der Waals surface area contributed by atoms with Crippen LogP contribution in [0.1, 0.15) is 0 Å². The molecule has 0 aliphatic carbocycles. The Bertz CT molecular complexity index is 577. The summed E-state index contributed by atoms with van der Waals surface area (Å²) in [6.45, 7) is 0. The van der Waals surface area contributed by atoms with Crippen LogP contribution >= 0.6 is 10.7 Å². The molecule has 0 saturated carbocycles. The normalized spacial score (nSPS) is 11.8. The molecule has 1 aromatic heterocycles. The van der Waals surface area contributed by atoms with E-state index in [-0.39, 0.29) is 4.90 Å². The largest absolute Gasteiger partial charge is 0.263 e. The third kappa shape index (κ3) is 1.56. The molecule has 0 saturated heterocycles. The summed E-state index contributed by atoms with van der Waals surface area (Å²) in [5.74, 6) is 0. The van der Waals surface area contributed by atoms with Crippen molar-refractivity contribution in [2.24, 2.45) is 0 Å². The lowest BCUT2D eigenvalue weighted by molar-refractivity contribution is 0.610. The molecule has 0 aliphatic rings. The molecule has 72 valence electrons. The first-order valence-electron chi connectivity index (χ1n) is 3.72. The topological polar surface area (TPSA) is 59.9 Å². The van der Waals surface area contributed by atoms with Crippen LogP contribution in [0.4, 0.5) is 0 Å². The number of nitrogens with zero attached hydrogens (tertiary/aromatic N) is 2. The number of rotatable bonds is 1. The number of benzene rings is 1. The summed E-state index contributed by atoms with van der Waals surface area (Å²) in [6, 6.07) is 4.74. The van der Waals surface area contributed by atoms with Crippen molar-refractivity contribution in [2.45, 2.75) is 4.90 Å². The van der Waals surface area contributed by atoms with E-state index in [0.29, 0.717) is 10.9 Å². The highest BCUT2D eigenvalue weighted by molar-refractivity contribution is 8.14. The van der Waals surface area contributed by atoms with Gasteiger partial charge in [-0.15, -0.1) is 0 Å². The van der Waals surface area contributed by atoms with Crippen molar-refractivity contribution >= 4 is 30.6 Å². The third-order valence-electron chi connectivity index (χ3n) is 1.76. The Kier molecular flexibility index (Phi) is 2.13. The van der Waals surface area contributed by atoms with Crippen LogP contribution < -0.4 is 0 Å². The molecule has 0 bridgehead atoms. The van der Waals surface area contributed by atoms with E-state index in [4.69, 9.17) is 10.7 Å². The van der Waals surface area contributed by atoms with E-state index in [0.717, 1.165) is 0 Å². The maximum Gasteiger partial charge on any atom is 0.263 e. The summed E-state index contributed by atoms with van der Waals surface area (Å²) < 4.78 is 22.3. The van der Waals surface area contributed by atoms with Gasteiger partial charge in [-0.2, -0.15) is 0 Å². The lowest BCUT2D eigenvalue weighted by atomic mass is 10.2. The van der Waals surface area contributed by atoms with Gasteiger partial charge in [0, 0.05) is 22.3 Å². The predicted molar refractivity (Wildman–Crippen MR) is 52.6 cm³/mol. The molecule has 0 spiro atoms. The van der Waals surface area contributed by atoms with E-state index in [9.17, 15) is 8.42 Å². The lowest BCUT2D eigenvalue weighted by Crippen LogP contribution is -1.94. The van der Waals surface area contributed by atoms with Crippen LogP contribution in [-0.4, -0.2) is 18.4 Å². The van der Waals surface area contributed by atoms with E-state index in [1.807, 2.05) is 0 Å². The lowest BCUT2D eigenvalue weighted by Gasteiger charge is -2.00. The van der Waals surface area contributed by atoms with Crippen molar-refractivity contribution in [3.05, 3.63) is 30.7 Å². The van der Waals surface area contributed by atoms with Gasteiger partial charge in [0.15, 0.2) is 0 Å². The van der Waals surface area contributed by atoms with Gasteiger partial charge in [0.25, 0.3) is 9.05 Å². The van der Waals surface area contributed by atoms with Crippen molar-refractivity contribution in [3.8, 4) is 0 Å². The van der Waals surface area contributed by atoms with Crippen LogP contribution in [0.3, 0.4) is 0 Å². The van der Waals surface area contributed by atoms with E-state index < -0.39 is 9.05 Å². The molecule has 0 amide bonds. The average molecular weight is 229 g/mol. The molecule has 0 fully saturated rings. The van der Waals surface area contributed by atoms with Crippen molar-refractivity contribution in [1.82, 2.24) is 9.97 Å². The van der Waals surface area contributed by atoms with E-state index in [2.05, 4.69) is 9.97 Å². The maximum absolute atomic E-state index is 11.2. The fourth-order valence-electron chi connectivity index (χ4n) is 1.18. The van der Waals surface area contributed by atoms with Crippen LogP contribution in [0, 0.1) is 0 Å². The van der Waals surface area contributed by atoms with E-state index >= 15 is 0 Å². The summed E-state index contributed by atoms with van der Waals surface area (Å²) in [5.41, 5.74) is 0.345. The monoisotopic (exact) mass is 228 g/mol. The minimum absolute atomic E-state index is 0.0130. The highest BCUT2D eigenvalue weighted by atomic mass is 35.7. The summed E-state index contributed by atoms with van der Waals surface area (Å²) in [6.07, 6.45) is 2.82. The smallest absolute Gasteiger partial charge is 0.244 e. The Balaban J connectivity index is 2.92. The molecule has 0 N–H and O–H groups in total. The first-order chi connectivity index (χ1) is 6.59. The van der Waals surface area contributed by atoms with Crippen LogP contribution in [0.25, 0.3) is 10.9 Å². The molecule has 6 heteroatoms. The second kappa shape index (κ2) is 3.18. The average Bonchev–Trinajstić information content (AvgIpc) is 2.15. The van der Waals surface area contributed by atoms with Crippen molar-refractivity contribution < 1.29 is 8.42 Å². The summed E-state index contributed by atoms with van der Waals surface area (Å²) in [4.78, 5) is 7.67. The van der Waals surface area contributed by atoms with Gasteiger partial charge in [-0.3, -0.25) is 0 Å². The zero-order valence-corrected chi connectivity index (χ0v) is 8.46. The number of hydrogen-bond donors (Lipinski definition) is 0. The van der Waals surface area contributed by atoms with Gasteiger partial charge >= 0.3 is 0 Å². The summed E-state index contributed by atoms with van der Waals surface area (Å²) in [5, 5.41) is 0.647. The van der Waals surface area contributed by atoms with E-state index in [1.165, 1.54) is 18.6 Å². The highest BCUT2D eigenvalue weighted by Gasteiger charge is 2.14. The molecular weight excluding hydrogens is 224 g/mol. The maximum atomic E-state index is 11.2. The van der Waals surface area contributed by atoms with Crippen molar-refractivity contribution in [3.63, 3.8) is 0 Å². The molecule has 1 heterocycles. The zero-order chi connectivity index (χ0) is 10.2. The minimum Gasteiger partial charge on any atom is -0.244 e. The van der Waals surface area contributed by atoms with Crippen LogP contribution in [-0.2, 0) is 9.05 Å². The molecule has 0 aliphatic heterocycles. The number of halogens is 1. The molecule has 2 rings (SSSR count). The molecule has 1 aromatic carbocycles. The molecule has 0 radical (unpaired) electrons. The quantitative estimate of drug-likeness (QED) is 0.695. The second-order valence-corrected chi connectivity index (χ2v) is 5.19. The first kappa shape index (κ1) is 9.36. The van der Waals surface area contributed by atoms with Crippen LogP contribution in [0.2, 0.25) is 0 Å². The standard InChI is InChI=1S/C8H5ClN2O2S/c9-14(12,13)7-3-1-2-6-4-10-5-11-8(6)7/h1-5H. The van der Waals surface area contributed by atoms with Crippen molar-refractivity contribution in [1.29, 1.82) is 0 Å². The number of para-hydroxylation sites is 1. The summed E-state index contributed by atoms with van der Waals surface area (Å²) in [7, 11) is 1.50. The molecule has 0 atom stereocenters. The van der Waals surface area contributed by atoms with Gasteiger partial charge in [-0.1, -0.05) is 12.1 Å². The fourth-order valence-corrected chi connectivity index (χ4v) is 2.20. The third-order valence-corrected chi connectivity index (χ3v) is 3.11. The molecule has 4 nitrogen and oxygen atoms in total. The minimum atomic E-state index is -3.75. The first-order valence-corrected chi connectivity index (χ1v) is 6.03. The molecule has 14 heavy (non-hydrogen) atoms. The Labute approximate surface area is 85.0 Å². The Morgan fingerprint density at radius 3 is 2.79 bits per heavy atom. The Hall–Kier alpha value is -1.20. The van der Waals surface area contributed by atoms with Crippen molar-refractivity contribution in [2.75, 3.05) is 0 Å². The second-order valence-electron chi connectivity index (χ2n) is 2.65. The predicted octanol–water partition coefficient (Wildman–Crippen LogP) is 1.56. The van der Waals surface area contributed by atoms with Gasteiger partial charge in [0.05, 0.1) is 5.52 Å². The number of aromatic nitrogens is 2. The fraction of sp³-hybridized carbons (Fsp3) is 0. The number of hydrogen-bond acceptors (Lipinski definition) is 4. The molecule has 0 unspecified atom stereocenters. The van der Waals surface area contributed by atoms with Gasteiger partial charge in [-0.25, -0.2) is 18.4 Å². The Morgan fingerprint density at radius 2 is 2.07 bits per heavy atom. The number of fused-ring (bicyclic) bond motifs is 1. The van der Waals surface area contributed by atoms with Gasteiger partial charge in [-0.05, 0) is 6.07 Å². The SMILES string of the molecule is O=S(=O)(Cl)c1cccc2cncnc12. The molecular formula is C8H5ClN2O2S. The van der Waals surface area contributed by atoms with Gasteiger partial charge in [0.2, 0.25) is 0 Å². The Morgan fingerprint density at radius 1 is 1.29 bits per heavy atom. The van der Waals surface area contributed by atoms with Crippen LogP contribution in [0.15, 0.2) is 35.6 Å². The van der Waals surface area contributed by atoms with Gasteiger partial charge in [0.1, 0.15) is 11.2 Å².